The van der Waals surface area contributed by atoms with E-state index in [1.165, 1.54) is 0 Å². The Morgan fingerprint density at radius 1 is 1.19 bits per heavy atom. The van der Waals surface area contributed by atoms with Crippen molar-refractivity contribution in [1.29, 1.82) is 0 Å². The number of aromatic nitrogens is 2. The zero-order chi connectivity index (χ0) is 18.3. The third kappa shape index (κ3) is 2.98. The quantitative estimate of drug-likeness (QED) is 0.726. The first kappa shape index (κ1) is 17.1. The smallest absolute Gasteiger partial charge is 0.178 e. The molecule has 0 fully saturated rings. The van der Waals surface area contributed by atoms with Gasteiger partial charge in [0.2, 0.25) is 0 Å². The summed E-state index contributed by atoms with van der Waals surface area (Å²) in [6, 6.07) is 9.89. The van der Waals surface area contributed by atoms with Gasteiger partial charge >= 0.3 is 0 Å². The summed E-state index contributed by atoms with van der Waals surface area (Å²) < 4.78 is 25.0. The van der Waals surface area contributed by atoms with Crippen LogP contribution in [0.15, 0.2) is 47.6 Å². The molecule has 0 unspecified atom stereocenters. The number of hydrogen-bond donors (Lipinski definition) is 2. The van der Waals surface area contributed by atoms with Crippen molar-refractivity contribution >= 4 is 26.6 Å². The lowest BCUT2D eigenvalue weighted by molar-refractivity contribution is 0.544. The molecule has 1 aromatic carbocycles. The number of hydrogen-bond acceptors (Lipinski definition) is 4. The summed E-state index contributed by atoms with van der Waals surface area (Å²) in [5.74, 6) is 0.541. The van der Waals surface area contributed by atoms with E-state index in [0.29, 0.717) is 17.2 Å². The van der Waals surface area contributed by atoms with E-state index in [9.17, 15) is 8.42 Å². The van der Waals surface area contributed by atoms with Crippen LogP contribution >= 0.6 is 0 Å². The van der Waals surface area contributed by atoms with Crippen molar-refractivity contribution in [2.45, 2.75) is 37.6 Å². The summed E-state index contributed by atoms with van der Waals surface area (Å²) in [6.07, 6.45) is 5.19. The van der Waals surface area contributed by atoms with Gasteiger partial charge in [0.05, 0.1) is 16.7 Å². The highest BCUT2D eigenvalue weighted by molar-refractivity contribution is 7.91. The molecule has 0 saturated heterocycles. The predicted molar refractivity (Wildman–Crippen MR) is 104 cm³/mol. The first-order valence-electron chi connectivity index (χ1n) is 9.00. The van der Waals surface area contributed by atoms with Crippen LogP contribution in [0.4, 0.5) is 5.69 Å². The minimum absolute atomic E-state index is 0.0120. The highest BCUT2D eigenvalue weighted by Crippen LogP contribution is 2.33. The lowest BCUT2D eigenvalue weighted by Crippen LogP contribution is -2.20. The van der Waals surface area contributed by atoms with Crippen LogP contribution < -0.4 is 5.32 Å². The van der Waals surface area contributed by atoms with Crippen molar-refractivity contribution in [3.8, 4) is 0 Å². The van der Waals surface area contributed by atoms with Crippen molar-refractivity contribution in [2.24, 2.45) is 5.92 Å². The SMILES string of the molecule is CC(C)[C@@H](Nc1ccnc2[nH]ccc12)c1ccc2c(c1)S(=O)(=O)CCC2. The van der Waals surface area contributed by atoms with Gasteiger partial charge in [-0.25, -0.2) is 13.4 Å². The second-order valence-electron chi connectivity index (χ2n) is 7.25. The van der Waals surface area contributed by atoms with Crippen molar-refractivity contribution in [3.05, 3.63) is 53.9 Å². The minimum atomic E-state index is -3.17. The summed E-state index contributed by atoms with van der Waals surface area (Å²) in [6.45, 7) is 4.28. The van der Waals surface area contributed by atoms with Crippen LogP contribution in [-0.4, -0.2) is 24.1 Å². The van der Waals surface area contributed by atoms with E-state index >= 15 is 0 Å². The largest absolute Gasteiger partial charge is 0.377 e. The molecule has 0 saturated carbocycles. The maximum atomic E-state index is 12.5. The monoisotopic (exact) mass is 369 g/mol. The Hall–Kier alpha value is -2.34. The molecule has 3 aromatic rings. The van der Waals surface area contributed by atoms with Gasteiger partial charge in [0.1, 0.15) is 5.65 Å². The summed E-state index contributed by atoms with van der Waals surface area (Å²) in [7, 11) is -3.17. The first-order valence-corrected chi connectivity index (χ1v) is 10.6. The van der Waals surface area contributed by atoms with E-state index in [1.54, 1.807) is 6.20 Å². The Kier molecular flexibility index (Phi) is 4.23. The number of aromatic amines is 1. The minimum Gasteiger partial charge on any atom is -0.377 e. The van der Waals surface area contributed by atoms with Gasteiger partial charge < -0.3 is 10.3 Å². The average Bonchev–Trinajstić information content (AvgIpc) is 3.08. The normalized spacial score (nSPS) is 17.2. The number of rotatable bonds is 4. The number of pyridine rings is 1. The van der Waals surface area contributed by atoms with Crippen molar-refractivity contribution in [2.75, 3.05) is 11.1 Å². The number of anilines is 1. The molecule has 0 amide bonds. The maximum absolute atomic E-state index is 12.5. The molecule has 0 radical (unpaired) electrons. The molecule has 3 heterocycles. The van der Waals surface area contributed by atoms with Gasteiger partial charge in [0, 0.05) is 23.5 Å². The number of H-pyrrole nitrogens is 1. The molecule has 0 bridgehead atoms. The van der Waals surface area contributed by atoms with E-state index in [0.717, 1.165) is 34.3 Å². The number of fused-ring (bicyclic) bond motifs is 2. The molecular weight excluding hydrogens is 346 g/mol. The Labute approximate surface area is 153 Å². The molecular formula is C20H23N3O2S. The zero-order valence-corrected chi connectivity index (χ0v) is 15.8. The van der Waals surface area contributed by atoms with Gasteiger partial charge in [-0.2, -0.15) is 0 Å². The van der Waals surface area contributed by atoms with Crippen molar-refractivity contribution in [3.63, 3.8) is 0 Å². The molecule has 5 nitrogen and oxygen atoms in total. The van der Waals surface area contributed by atoms with Crippen molar-refractivity contribution < 1.29 is 8.42 Å². The van der Waals surface area contributed by atoms with Gasteiger partial charge in [0.15, 0.2) is 9.84 Å². The predicted octanol–water partition coefficient (Wildman–Crippen LogP) is 4.09. The molecule has 2 N–H and O–H groups in total. The molecule has 1 aliphatic heterocycles. The van der Waals surface area contributed by atoms with E-state index in [4.69, 9.17) is 0 Å². The average molecular weight is 369 g/mol. The summed E-state index contributed by atoms with van der Waals surface area (Å²) in [4.78, 5) is 7.96. The molecule has 1 aliphatic rings. The Morgan fingerprint density at radius 2 is 2.04 bits per heavy atom. The highest BCUT2D eigenvalue weighted by Gasteiger charge is 2.26. The van der Waals surface area contributed by atoms with E-state index in [-0.39, 0.29) is 11.8 Å². The molecule has 1 atom stereocenters. The number of nitrogens with zero attached hydrogens (tertiary/aromatic N) is 1. The van der Waals surface area contributed by atoms with E-state index in [2.05, 4.69) is 35.2 Å². The maximum Gasteiger partial charge on any atom is 0.178 e. The van der Waals surface area contributed by atoms with Crippen LogP contribution in [0.5, 0.6) is 0 Å². The van der Waals surface area contributed by atoms with Crippen LogP contribution in [0.2, 0.25) is 0 Å². The molecule has 26 heavy (non-hydrogen) atoms. The van der Waals surface area contributed by atoms with Gasteiger partial charge in [-0.05, 0) is 48.1 Å². The lowest BCUT2D eigenvalue weighted by Gasteiger charge is -2.26. The highest BCUT2D eigenvalue weighted by atomic mass is 32.2. The molecule has 0 spiro atoms. The summed E-state index contributed by atoms with van der Waals surface area (Å²) >= 11 is 0. The first-order chi connectivity index (χ1) is 12.5. The second kappa shape index (κ2) is 6.43. The molecule has 0 aliphatic carbocycles. The van der Waals surface area contributed by atoms with Gasteiger partial charge in [-0.1, -0.05) is 26.0 Å². The Balaban J connectivity index is 1.75. The number of aryl methyl sites for hydroxylation is 1. The fraction of sp³-hybridized carbons (Fsp3) is 0.350. The third-order valence-corrected chi connectivity index (χ3v) is 6.96. The Morgan fingerprint density at radius 3 is 2.85 bits per heavy atom. The van der Waals surface area contributed by atoms with Gasteiger partial charge in [-0.3, -0.25) is 0 Å². The number of nitrogens with one attached hydrogen (secondary N) is 2. The zero-order valence-electron chi connectivity index (χ0n) is 15.0. The molecule has 2 aromatic heterocycles. The van der Waals surface area contributed by atoms with Crippen LogP contribution in [0, 0.1) is 5.92 Å². The Bertz CT molecular complexity index is 1050. The van der Waals surface area contributed by atoms with Crippen LogP contribution in [0.3, 0.4) is 0 Å². The summed E-state index contributed by atoms with van der Waals surface area (Å²) in [5, 5.41) is 4.63. The fourth-order valence-electron chi connectivity index (χ4n) is 3.71. The molecule has 136 valence electrons. The number of sulfone groups is 1. The summed E-state index contributed by atoms with van der Waals surface area (Å²) in [5.41, 5.74) is 3.78. The van der Waals surface area contributed by atoms with E-state index in [1.807, 2.05) is 30.5 Å². The third-order valence-electron chi connectivity index (χ3n) is 5.08. The standard InChI is InChI=1S/C20H23N3O2S/c1-13(2)19(23-17-8-10-22-20-16(17)7-9-21-20)15-6-5-14-4-3-11-26(24,25)18(14)12-15/h5-10,12-13,19H,3-4,11H2,1-2H3,(H2,21,22,23)/t19-/m1/s1. The van der Waals surface area contributed by atoms with Gasteiger partial charge in [-0.15, -0.1) is 0 Å². The topological polar surface area (TPSA) is 74.8 Å². The lowest BCUT2D eigenvalue weighted by atomic mass is 9.94. The van der Waals surface area contributed by atoms with Crippen LogP contribution in [-0.2, 0) is 16.3 Å². The molecule has 4 rings (SSSR count). The van der Waals surface area contributed by atoms with Crippen molar-refractivity contribution in [1.82, 2.24) is 9.97 Å². The molecule has 6 heteroatoms. The fourth-order valence-corrected chi connectivity index (χ4v) is 5.34. The van der Waals surface area contributed by atoms with E-state index < -0.39 is 9.84 Å². The van der Waals surface area contributed by atoms with Crippen LogP contribution in [0.1, 0.15) is 37.4 Å². The van der Waals surface area contributed by atoms with Gasteiger partial charge in [0.25, 0.3) is 0 Å². The van der Waals surface area contributed by atoms with Crippen LogP contribution in [0.25, 0.3) is 11.0 Å². The number of benzene rings is 1. The second-order valence-corrected chi connectivity index (χ2v) is 9.33.